The van der Waals surface area contributed by atoms with Gasteiger partial charge in [-0.15, -0.1) is 18.5 Å². The van der Waals surface area contributed by atoms with Gasteiger partial charge in [-0.3, -0.25) is 0 Å². The van der Waals surface area contributed by atoms with Crippen molar-refractivity contribution >= 4 is 29.1 Å². The Morgan fingerprint density at radius 2 is 1.85 bits per heavy atom. The fraction of sp³-hybridized carbons (Fsp3) is 0.400. The second kappa shape index (κ2) is 3.95. The Hall–Kier alpha value is -0.120. The van der Waals surface area contributed by atoms with Gasteiger partial charge in [0.2, 0.25) is 0 Å². The zero-order chi connectivity index (χ0) is 10.2. The maximum Gasteiger partial charge on any atom is 0.125 e. The van der Waals surface area contributed by atoms with Crippen molar-refractivity contribution in [3.8, 4) is 5.75 Å². The highest BCUT2D eigenvalue weighted by Crippen LogP contribution is 2.23. The van der Waals surface area contributed by atoms with E-state index in [-0.39, 0.29) is 0 Å². The molecule has 0 spiro atoms. The van der Waals surface area contributed by atoms with Crippen LogP contribution in [0.4, 0.5) is 0 Å². The molecule has 0 amide bonds. The number of hydrogen-bond donors (Lipinski definition) is 1. The lowest BCUT2D eigenvalue weighted by atomic mass is 10.0. The fourth-order valence-electron chi connectivity index (χ4n) is 1.52. The second-order valence-electron chi connectivity index (χ2n) is 3.61. The summed E-state index contributed by atoms with van der Waals surface area (Å²) in [5.74, 6) is 0.839. The van der Waals surface area contributed by atoms with E-state index in [1.807, 2.05) is 13.0 Å². The first-order valence-electron chi connectivity index (χ1n) is 4.32. The SMILES string of the molecule is Cc1cc(P)c(C(C)C)c(P)c1O. The molecule has 2 unspecified atom stereocenters. The quantitative estimate of drug-likeness (QED) is 0.707. The summed E-state index contributed by atoms with van der Waals surface area (Å²) in [7, 11) is 5.34. The molecule has 0 heterocycles. The van der Waals surface area contributed by atoms with Gasteiger partial charge in [0.15, 0.2) is 0 Å². The molecule has 1 aromatic rings. The van der Waals surface area contributed by atoms with Gasteiger partial charge in [-0.2, -0.15) is 0 Å². The van der Waals surface area contributed by atoms with Crippen molar-refractivity contribution in [1.29, 1.82) is 0 Å². The monoisotopic (exact) mass is 214 g/mol. The van der Waals surface area contributed by atoms with Crippen molar-refractivity contribution in [2.24, 2.45) is 0 Å². The van der Waals surface area contributed by atoms with Crippen LogP contribution in [0.5, 0.6) is 5.75 Å². The van der Waals surface area contributed by atoms with E-state index < -0.39 is 0 Å². The van der Waals surface area contributed by atoms with Crippen molar-refractivity contribution < 1.29 is 5.11 Å². The molecule has 0 radical (unpaired) electrons. The van der Waals surface area contributed by atoms with Crippen LogP contribution in [0, 0.1) is 6.92 Å². The van der Waals surface area contributed by atoms with Gasteiger partial charge in [0, 0.05) is 5.30 Å². The van der Waals surface area contributed by atoms with Crippen LogP contribution in [0.15, 0.2) is 6.07 Å². The summed E-state index contributed by atoms with van der Waals surface area (Å²) in [4.78, 5) is 0. The molecule has 0 saturated heterocycles. The molecule has 13 heavy (non-hydrogen) atoms. The van der Waals surface area contributed by atoms with E-state index in [1.54, 1.807) is 0 Å². The Labute approximate surface area is 84.3 Å². The van der Waals surface area contributed by atoms with Gasteiger partial charge < -0.3 is 5.11 Å². The van der Waals surface area contributed by atoms with Gasteiger partial charge in [0.25, 0.3) is 0 Å². The molecule has 1 N–H and O–H groups in total. The van der Waals surface area contributed by atoms with E-state index in [0.29, 0.717) is 11.7 Å². The maximum atomic E-state index is 9.73. The number of aryl methyl sites for hydroxylation is 1. The van der Waals surface area contributed by atoms with Gasteiger partial charge in [-0.1, -0.05) is 13.8 Å². The molecule has 0 bridgehead atoms. The van der Waals surface area contributed by atoms with Gasteiger partial charge in [0.05, 0.1) is 0 Å². The summed E-state index contributed by atoms with van der Waals surface area (Å²) in [6, 6.07) is 2.00. The molecule has 2 atom stereocenters. The number of aromatic hydroxyl groups is 1. The number of phenolic OH excluding ortho intramolecular Hbond substituents is 1. The molecule has 0 aliphatic carbocycles. The molecule has 0 aliphatic heterocycles. The molecule has 1 rings (SSSR count). The van der Waals surface area contributed by atoms with Crippen molar-refractivity contribution in [2.75, 3.05) is 0 Å². The number of benzene rings is 1. The van der Waals surface area contributed by atoms with E-state index in [9.17, 15) is 5.11 Å². The average molecular weight is 214 g/mol. The van der Waals surface area contributed by atoms with E-state index in [2.05, 4.69) is 32.3 Å². The van der Waals surface area contributed by atoms with Crippen LogP contribution in [-0.4, -0.2) is 5.11 Å². The summed E-state index contributed by atoms with van der Waals surface area (Å²) >= 11 is 0. The smallest absolute Gasteiger partial charge is 0.125 e. The molecule has 0 aliphatic rings. The van der Waals surface area contributed by atoms with Crippen LogP contribution in [0.1, 0.15) is 30.9 Å². The third-order valence-electron chi connectivity index (χ3n) is 2.18. The standard InChI is InChI=1S/C10H16OP2/c1-5(2)8-7(12)4-6(3)9(11)10(8)13/h4-5,11H,12-13H2,1-3H3. The molecular formula is C10H16OP2. The summed E-state index contributed by atoms with van der Waals surface area (Å²) in [6.45, 7) is 6.18. The van der Waals surface area contributed by atoms with Gasteiger partial charge in [-0.25, -0.2) is 0 Å². The molecule has 72 valence electrons. The molecular weight excluding hydrogens is 198 g/mol. The highest BCUT2D eigenvalue weighted by atomic mass is 31.0. The fourth-order valence-corrected chi connectivity index (χ4v) is 3.15. The number of hydrogen-bond acceptors (Lipinski definition) is 1. The molecule has 0 saturated carbocycles. The Balaban J connectivity index is 3.44. The van der Waals surface area contributed by atoms with Crippen LogP contribution in [0.3, 0.4) is 0 Å². The van der Waals surface area contributed by atoms with E-state index >= 15 is 0 Å². The lowest BCUT2D eigenvalue weighted by Crippen LogP contribution is -2.16. The molecule has 1 aromatic carbocycles. The van der Waals surface area contributed by atoms with Crippen LogP contribution in [-0.2, 0) is 0 Å². The van der Waals surface area contributed by atoms with Gasteiger partial charge in [-0.05, 0) is 35.3 Å². The molecule has 0 aromatic heterocycles. The Bertz CT molecular complexity index is 332. The van der Waals surface area contributed by atoms with Crippen molar-refractivity contribution in [3.05, 3.63) is 17.2 Å². The number of rotatable bonds is 1. The van der Waals surface area contributed by atoms with E-state index in [0.717, 1.165) is 10.9 Å². The lowest BCUT2D eigenvalue weighted by molar-refractivity contribution is 0.475. The zero-order valence-corrected chi connectivity index (χ0v) is 10.6. The third-order valence-corrected chi connectivity index (χ3v) is 3.24. The van der Waals surface area contributed by atoms with Crippen LogP contribution >= 0.6 is 18.5 Å². The Morgan fingerprint density at radius 1 is 1.31 bits per heavy atom. The predicted octanol–water partition coefficient (Wildman–Crippen LogP) is 1.82. The summed E-state index contributed by atoms with van der Waals surface area (Å²) in [5, 5.41) is 11.8. The average Bonchev–Trinajstić information content (AvgIpc) is 1.99. The molecule has 0 fully saturated rings. The second-order valence-corrected chi connectivity index (χ2v) is 4.81. The van der Waals surface area contributed by atoms with Gasteiger partial charge >= 0.3 is 0 Å². The van der Waals surface area contributed by atoms with Crippen LogP contribution in [0.25, 0.3) is 0 Å². The van der Waals surface area contributed by atoms with Crippen LogP contribution < -0.4 is 10.6 Å². The normalized spacial score (nSPS) is 10.9. The van der Waals surface area contributed by atoms with Crippen molar-refractivity contribution in [3.63, 3.8) is 0 Å². The highest BCUT2D eigenvalue weighted by Gasteiger charge is 2.12. The predicted molar refractivity (Wildman–Crippen MR) is 65.6 cm³/mol. The molecule has 3 heteroatoms. The first kappa shape index (κ1) is 11.0. The lowest BCUT2D eigenvalue weighted by Gasteiger charge is -2.15. The van der Waals surface area contributed by atoms with E-state index in [1.165, 1.54) is 10.9 Å². The number of phenols is 1. The van der Waals surface area contributed by atoms with E-state index in [4.69, 9.17) is 0 Å². The third kappa shape index (κ3) is 2.03. The summed E-state index contributed by atoms with van der Waals surface area (Å²) < 4.78 is 0. The Morgan fingerprint density at radius 3 is 2.31 bits per heavy atom. The first-order valence-corrected chi connectivity index (χ1v) is 5.48. The summed E-state index contributed by atoms with van der Waals surface area (Å²) in [5.41, 5.74) is 2.14. The summed E-state index contributed by atoms with van der Waals surface area (Å²) in [6.07, 6.45) is 0. The first-order chi connectivity index (χ1) is 5.95. The van der Waals surface area contributed by atoms with Crippen LogP contribution in [0.2, 0.25) is 0 Å². The largest absolute Gasteiger partial charge is 0.507 e. The minimum Gasteiger partial charge on any atom is -0.507 e. The Kier molecular flexibility index (Phi) is 3.33. The minimum atomic E-state index is 0.403. The van der Waals surface area contributed by atoms with Crippen molar-refractivity contribution in [1.82, 2.24) is 0 Å². The van der Waals surface area contributed by atoms with Crippen molar-refractivity contribution in [2.45, 2.75) is 26.7 Å². The van der Waals surface area contributed by atoms with Gasteiger partial charge in [0.1, 0.15) is 5.75 Å². The minimum absolute atomic E-state index is 0.403. The molecule has 1 nitrogen and oxygen atoms in total. The highest BCUT2D eigenvalue weighted by molar-refractivity contribution is 7.30. The zero-order valence-electron chi connectivity index (χ0n) is 8.26. The topological polar surface area (TPSA) is 20.2 Å². The maximum absolute atomic E-state index is 9.73.